The van der Waals surface area contributed by atoms with Crippen molar-refractivity contribution in [2.24, 2.45) is 5.10 Å². The van der Waals surface area contributed by atoms with Gasteiger partial charge in [-0.15, -0.1) is 0 Å². The Balaban J connectivity index is 1.36. The molecule has 0 aliphatic rings. The van der Waals surface area contributed by atoms with E-state index in [9.17, 15) is 9.18 Å². The molecule has 0 saturated heterocycles. The summed E-state index contributed by atoms with van der Waals surface area (Å²) in [6, 6.07) is 28.9. The van der Waals surface area contributed by atoms with E-state index in [4.69, 9.17) is 14.5 Å². The molecule has 5 aromatic rings. The molecule has 1 heterocycles. The smallest absolute Gasteiger partial charge is 0.272 e. The van der Waals surface area contributed by atoms with E-state index >= 15 is 0 Å². The van der Waals surface area contributed by atoms with E-state index in [-0.39, 0.29) is 18.3 Å². The molecule has 0 spiro atoms. The number of carbonyl (C=O) groups excluding carboxylic acids is 1. The average Bonchev–Trinajstić information content (AvgIpc) is 2.97. The van der Waals surface area contributed by atoms with Crippen molar-refractivity contribution in [2.75, 3.05) is 6.61 Å². The molecule has 8 heteroatoms. The van der Waals surface area contributed by atoms with Gasteiger partial charge < -0.3 is 9.47 Å². The highest BCUT2D eigenvalue weighted by Crippen LogP contribution is 2.34. The molecule has 0 radical (unpaired) electrons. The highest BCUT2D eigenvalue weighted by molar-refractivity contribution is 14.1. The zero-order chi connectivity index (χ0) is 27.9. The molecule has 40 heavy (non-hydrogen) atoms. The van der Waals surface area contributed by atoms with E-state index in [2.05, 4.69) is 33.1 Å². The Morgan fingerprint density at radius 3 is 2.50 bits per heavy atom. The Morgan fingerprint density at radius 1 is 0.975 bits per heavy atom. The van der Waals surface area contributed by atoms with Crippen LogP contribution in [0.25, 0.3) is 22.2 Å². The van der Waals surface area contributed by atoms with Crippen LogP contribution in [0.2, 0.25) is 0 Å². The maximum absolute atomic E-state index is 13.2. The van der Waals surface area contributed by atoms with Gasteiger partial charge in [0.15, 0.2) is 11.5 Å². The third-order valence-corrected chi connectivity index (χ3v) is 6.84. The number of benzene rings is 4. The maximum Gasteiger partial charge on any atom is 0.272 e. The van der Waals surface area contributed by atoms with Gasteiger partial charge in [0.05, 0.1) is 33.2 Å². The number of nitrogens with one attached hydrogen (secondary N) is 1. The van der Waals surface area contributed by atoms with Crippen molar-refractivity contribution in [3.63, 3.8) is 0 Å². The van der Waals surface area contributed by atoms with E-state index in [1.165, 1.54) is 12.1 Å². The minimum atomic E-state index is -0.342. The van der Waals surface area contributed by atoms with Crippen molar-refractivity contribution in [3.05, 3.63) is 123 Å². The second-order valence-corrected chi connectivity index (χ2v) is 9.98. The van der Waals surface area contributed by atoms with Crippen LogP contribution in [0.4, 0.5) is 4.39 Å². The summed E-state index contributed by atoms with van der Waals surface area (Å²) in [5, 5.41) is 4.96. The lowest BCUT2D eigenvalue weighted by atomic mass is 10.0. The SMILES string of the molecule is CCOc1cc(/C=N/NC(=O)c2cc(-c3ccccc3)nc3ccccc23)cc(I)c1OCc1ccc(F)cc1. The van der Waals surface area contributed by atoms with E-state index < -0.39 is 0 Å². The first-order chi connectivity index (χ1) is 19.5. The molecule has 1 aromatic heterocycles. The van der Waals surface area contributed by atoms with Gasteiger partial charge in [0.1, 0.15) is 12.4 Å². The van der Waals surface area contributed by atoms with Gasteiger partial charge in [0.25, 0.3) is 5.91 Å². The molecule has 0 fully saturated rings. The van der Waals surface area contributed by atoms with Crippen molar-refractivity contribution in [3.8, 4) is 22.8 Å². The van der Waals surface area contributed by atoms with E-state index in [1.807, 2.05) is 67.6 Å². The number of halogens is 2. The third kappa shape index (κ3) is 6.45. The lowest BCUT2D eigenvalue weighted by Gasteiger charge is -2.15. The summed E-state index contributed by atoms with van der Waals surface area (Å²) in [6.07, 6.45) is 1.56. The minimum absolute atomic E-state index is 0.269. The Morgan fingerprint density at radius 2 is 1.73 bits per heavy atom. The van der Waals surface area contributed by atoms with Gasteiger partial charge >= 0.3 is 0 Å². The molecule has 1 N–H and O–H groups in total. The van der Waals surface area contributed by atoms with Crippen LogP contribution in [-0.2, 0) is 6.61 Å². The number of hydrazone groups is 1. The number of fused-ring (bicyclic) bond motifs is 1. The largest absolute Gasteiger partial charge is 0.490 e. The molecule has 200 valence electrons. The number of rotatable bonds is 9. The Bertz CT molecular complexity index is 1680. The van der Waals surface area contributed by atoms with E-state index in [0.717, 1.165) is 31.2 Å². The maximum atomic E-state index is 13.2. The predicted molar refractivity (Wildman–Crippen MR) is 163 cm³/mol. The molecule has 6 nitrogen and oxygen atoms in total. The number of aromatic nitrogens is 1. The molecular weight excluding hydrogens is 620 g/mol. The molecule has 0 bridgehead atoms. The van der Waals surface area contributed by atoms with E-state index in [1.54, 1.807) is 30.5 Å². The number of hydrogen-bond donors (Lipinski definition) is 1. The van der Waals surface area contributed by atoms with Crippen LogP contribution in [0.3, 0.4) is 0 Å². The minimum Gasteiger partial charge on any atom is -0.490 e. The average molecular weight is 645 g/mol. The predicted octanol–water partition coefficient (Wildman–Crippen LogP) is 7.39. The molecule has 0 aliphatic carbocycles. The molecule has 4 aromatic carbocycles. The summed E-state index contributed by atoms with van der Waals surface area (Å²) < 4.78 is 25.9. The Labute approximate surface area is 245 Å². The Hall–Kier alpha value is -4.31. The molecular formula is C32H25FIN3O3. The first-order valence-electron chi connectivity index (χ1n) is 12.6. The van der Waals surface area contributed by atoms with Crippen molar-refractivity contribution in [1.29, 1.82) is 0 Å². The second-order valence-electron chi connectivity index (χ2n) is 8.82. The lowest BCUT2D eigenvalue weighted by Crippen LogP contribution is -2.18. The summed E-state index contributed by atoms with van der Waals surface area (Å²) in [5.41, 5.74) is 7.06. The summed E-state index contributed by atoms with van der Waals surface area (Å²) in [6.45, 7) is 2.60. The van der Waals surface area contributed by atoms with Crippen molar-refractivity contribution < 1.29 is 18.7 Å². The van der Waals surface area contributed by atoms with Crippen LogP contribution in [0.1, 0.15) is 28.4 Å². The van der Waals surface area contributed by atoms with Crippen LogP contribution in [-0.4, -0.2) is 23.7 Å². The fourth-order valence-corrected chi connectivity index (χ4v) is 4.93. The summed E-state index contributed by atoms with van der Waals surface area (Å²) >= 11 is 2.17. The highest BCUT2D eigenvalue weighted by Gasteiger charge is 2.15. The first-order valence-corrected chi connectivity index (χ1v) is 13.7. The van der Waals surface area contributed by atoms with Gasteiger partial charge in [0.2, 0.25) is 0 Å². The second kappa shape index (κ2) is 12.7. The van der Waals surface area contributed by atoms with Crippen LogP contribution in [0.15, 0.2) is 102 Å². The number of para-hydroxylation sites is 1. The van der Waals surface area contributed by atoms with Crippen LogP contribution >= 0.6 is 22.6 Å². The standard InChI is InChI=1S/C32H25FIN3O3/c1-2-39-30-17-22(16-27(34)31(30)40-20-21-12-14-24(33)15-13-21)19-35-37-32(38)26-18-29(23-8-4-3-5-9-23)36-28-11-7-6-10-25(26)28/h3-19H,2,20H2,1H3,(H,37,38)/b35-19+. The number of pyridine rings is 1. The fourth-order valence-electron chi connectivity index (χ4n) is 4.15. The molecule has 0 aliphatic heterocycles. The van der Waals surface area contributed by atoms with Gasteiger partial charge in [-0.2, -0.15) is 5.10 Å². The zero-order valence-corrected chi connectivity index (χ0v) is 23.8. The molecule has 0 saturated carbocycles. The van der Waals surface area contributed by atoms with Crippen LogP contribution in [0, 0.1) is 9.39 Å². The third-order valence-electron chi connectivity index (χ3n) is 6.04. The lowest BCUT2D eigenvalue weighted by molar-refractivity contribution is 0.0956. The van der Waals surface area contributed by atoms with Crippen molar-refractivity contribution in [2.45, 2.75) is 13.5 Å². The van der Waals surface area contributed by atoms with Gasteiger partial charge in [-0.05, 0) is 77.0 Å². The fraction of sp³-hybridized carbons (Fsp3) is 0.0938. The monoisotopic (exact) mass is 645 g/mol. The summed E-state index contributed by atoms with van der Waals surface area (Å²) in [7, 11) is 0. The number of nitrogens with zero attached hydrogens (tertiary/aromatic N) is 2. The van der Waals surface area contributed by atoms with Gasteiger partial charge in [-0.1, -0.05) is 60.7 Å². The topological polar surface area (TPSA) is 72.8 Å². The molecule has 0 atom stereocenters. The van der Waals surface area contributed by atoms with Crippen molar-refractivity contribution >= 4 is 45.6 Å². The quantitative estimate of drug-likeness (QED) is 0.103. The molecule has 5 rings (SSSR count). The number of hydrogen-bond acceptors (Lipinski definition) is 5. The number of carbonyl (C=O) groups is 1. The summed E-state index contributed by atoms with van der Waals surface area (Å²) in [5.74, 6) is 0.505. The number of amides is 1. The molecule has 0 unspecified atom stereocenters. The summed E-state index contributed by atoms with van der Waals surface area (Å²) in [4.78, 5) is 18.0. The first kappa shape index (κ1) is 27.3. The van der Waals surface area contributed by atoms with Gasteiger partial charge in [-0.25, -0.2) is 14.8 Å². The van der Waals surface area contributed by atoms with E-state index in [0.29, 0.717) is 29.4 Å². The van der Waals surface area contributed by atoms with Crippen molar-refractivity contribution in [1.82, 2.24) is 10.4 Å². The van der Waals surface area contributed by atoms with Crippen LogP contribution < -0.4 is 14.9 Å². The van der Waals surface area contributed by atoms with Gasteiger partial charge in [-0.3, -0.25) is 4.79 Å². The Kier molecular flexibility index (Phi) is 8.65. The number of ether oxygens (including phenoxy) is 2. The highest BCUT2D eigenvalue weighted by atomic mass is 127. The molecule has 1 amide bonds. The van der Waals surface area contributed by atoms with Gasteiger partial charge in [0, 0.05) is 10.9 Å². The zero-order valence-electron chi connectivity index (χ0n) is 21.6. The normalized spacial score (nSPS) is 11.1. The van der Waals surface area contributed by atoms with Crippen LogP contribution in [0.5, 0.6) is 11.5 Å².